The van der Waals surface area contributed by atoms with Gasteiger partial charge in [-0.15, -0.1) is 0 Å². The quantitative estimate of drug-likeness (QED) is 0.583. The fourth-order valence-corrected chi connectivity index (χ4v) is 2.31. The standard InChI is InChI=1S/C14H19N3O4/c1-2-15-14(19)10-3-6-12(17(20)21)13(9-10)16(7-8-18)11-4-5-11/h3,6,9,11,18H,2,4-5,7-8H2,1H3,(H,15,19). The molecule has 21 heavy (non-hydrogen) atoms. The second-order valence-corrected chi connectivity index (χ2v) is 4.97. The summed E-state index contributed by atoms with van der Waals surface area (Å²) in [7, 11) is 0. The maximum Gasteiger partial charge on any atom is 0.292 e. The van der Waals surface area contributed by atoms with Crippen LogP contribution in [0.2, 0.25) is 0 Å². The number of nitro groups is 1. The lowest BCUT2D eigenvalue weighted by Gasteiger charge is -2.23. The van der Waals surface area contributed by atoms with Crippen molar-refractivity contribution in [1.82, 2.24) is 5.32 Å². The number of carbonyl (C=O) groups excluding carboxylic acids is 1. The minimum absolute atomic E-state index is 0.0385. The molecule has 2 rings (SSSR count). The van der Waals surface area contributed by atoms with Crippen LogP contribution in [0.3, 0.4) is 0 Å². The first-order valence-electron chi connectivity index (χ1n) is 7.02. The molecule has 1 aromatic rings. The van der Waals surface area contributed by atoms with Gasteiger partial charge in [-0.25, -0.2) is 0 Å². The fourth-order valence-electron chi connectivity index (χ4n) is 2.31. The molecule has 0 atom stereocenters. The molecular formula is C14H19N3O4. The zero-order chi connectivity index (χ0) is 15.4. The third kappa shape index (κ3) is 3.49. The van der Waals surface area contributed by atoms with Crippen molar-refractivity contribution in [2.45, 2.75) is 25.8 Å². The van der Waals surface area contributed by atoms with E-state index in [1.807, 2.05) is 11.8 Å². The first kappa shape index (κ1) is 15.2. The summed E-state index contributed by atoms with van der Waals surface area (Å²) in [5, 5.41) is 23.0. The zero-order valence-corrected chi connectivity index (χ0v) is 11.9. The SMILES string of the molecule is CCNC(=O)c1ccc([N+](=O)[O-])c(N(CCO)C2CC2)c1. The van der Waals surface area contributed by atoms with E-state index >= 15 is 0 Å². The van der Waals surface area contributed by atoms with Gasteiger partial charge in [-0.3, -0.25) is 14.9 Å². The Labute approximate surface area is 122 Å². The van der Waals surface area contributed by atoms with Crippen LogP contribution in [-0.4, -0.2) is 41.7 Å². The Balaban J connectivity index is 2.40. The number of aliphatic hydroxyl groups is 1. The van der Waals surface area contributed by atoms with Gasteiger partial charge in [0.15, 0.2) is 0 Å². The Morgan fingerprint density at radius 2 is 2.24 bits per heavy atom. The van der Waals surface area contributed by atoms with E-state index in [2.05, 4.69) is 5.32 Å². The Hall–Kier alpha value is -2.15. The maximum absolute atomic E-state index is 11.9. The highest BCUT2D eigenvalue weighted by atomic mass is 16.6. The van der Waals surface area contributed by atoms with E-state index in [-0.39, 0.29) is 24.2 Å². The molecule has 2 N–H and O–H groups in total. The summed E-state index contributed by atoms with van der Waals surface area (Å²) in [5.74, 6) is -0.256. The van der Waals surface area contributed by atoms with Crippen LogP contribution in [-0.2, 0) is 0 Å². The van der Waals surface area contributed by atoms with Gasteiger partial charge in [0.05, 0.1) is 11.5 Å². The number of hydrogen-bond acceptors (Lipinski definition) is 5. The number of nitro benzene ring substituents is 1. The topological polar surface area (TPSA) is 95.7 Å². The minimum atomic E-state index is -0.455. The predicted molar refractivity (Wildman–Crippen MR) is 78.6 cm³/mol. The van der Waals surface area contributed by atoms with Crippen LogP contribution in [0.4, 0.5) is 11.4 Å². The average Bonchev–Trinajstić information content (AvgIpc) is 3.28. The van der Waals surface area contributed by atoms with Crippen molar-refractivity contribution in [2.75, 3.05) is 24.6 Å². The summed E-state index contributed by atoms with van der Waals surface area (Å²) in [4.78, 5) is 24.5. The molecule has 1 aliphatic carbocycles. The second-order valence-electron chi connectivity index (χ2n) is 4.97. The van der Waals surface area contributed by atoms with Gasteiger partial charge < -0.3 is 15.3 Å². The van der Waals surface area contributed by atoms with Crippen molar-refractivity contribution in [3.05, 3.63) is 33.9 Å². The number of amides is 1. The summed E-state index contributed by atoms with van der Waals surface area (Å²) in [6.07, 6.45) is 1.89. The Morgan fingerprint density at radius 3 is 2.76 bits per heavy atom. The van der Waals surface area contributed by atoms with Crippen molar-refractivity contribution < 1.29 is 14.8 Å². The van der Waals surface area contributed by atoms with Gasteiger partial charge in [-0.2, -0.15) is 0 Å². The molecule has 1 aliphatic rings. The average molecular weight is 293 g/mol. The molecule has 1 saturated carbocycles. The van der Waals surface area contributed by atoms with Crippen LogP contribution < -0.4 is 10.2 Å². The third-order valence-corrected chi connectivity index (χ3v) is 3.41. The van der Waals surface area contributed by atoms with Crippen LogP contribution in [0.15, 0.2) is 18.2 Å². The molecule has 1 fully saturated rings. The molecule has 0 saturated heterocycles. The minimum Gasteiger partial charge on any atom is -0.395 e. The lowest BCUT2D eigenvalue weighted by atomic mass is 10.1. The fraction of sp³-hybridized carbons (Fsp3) is 0.500. The first-order valence-corrected chi connectivity index (χ1v) is 7.02. The molecule has 7 heteroatoms. The van der Waals surface area contributed by atoms with E-state index in [4.69, 9.17) is 0 Å². The largest absolute Gasteiger partial charge is 0.395 e. The molecule has 1 aromatic carbocycles. The molecule has 1 amide bonds. The summed E-state index contributed by atoms with van der Waals surface area (Å²) < 4.78 is 0. The van der Waals surface area contributed by atoms with E-state index in [1.165, 1.54) is 18.2 Å². The first-order chi connectivity index (χ1) is 10.1. The summed E-state index contributed by atoms with van der Waals surface area (Å²) in [6, 6.07) is 4.56. The highest BCUT2D eigenvalue weighted by molar-refractivity contribution is 5.96. The molecule has 0 aromatic heterocycles. The van der Waals surface area contributed by atoms with Crippen molar-refractivity contribution >= 4 is 17.3 Å². The molecule has 0 heterocycles. The highest BCUT2D eigenvalue weighted by Crippen LogP contribution is 2.37. The molecule has 0 radical (unpaired) electrons. The number of nitrogens with zero attached hydrogens (tertiary/aromatic N) is 2. The van der Waals surface area contributed by atoms with Crippen LogP contribution in [0, 0.1) is 10.1 Å². The molecule has 0 bridgehead atoms. The smallest absolute Gasteiger partial charge is 0.292 e. The number of nitrogens with one attached hydrogen (secondary N) is 1. The zero-order valence-electron chi connectivity index (χ0n) is 11.9. The Morgan fingerprint density at radius 1 is 1.52 bits per heavy atom. The van der Waals surface area contributed by atoms with Crippen molar-refractivity contribution in [1.29, 1.82) is 0 Å². The number of anilines is 1. The van der Waals surface area contributed by atoms with Gasteiger partial charge in [0, 0.05) is 30.8 Å². The highest BCUT2D eigenvalue weighted by Gasteiger charge is 2.33. The lowest BCUT2D eigenvalue weighted by Crippen LogP contribution is -2.30. The van der Waals surface area contributed by atoms with E-state index in [0.717, 1.165) is 12.8 Å². The van der Waals surface area contributed by atoms with Crippen LogP contribution >= 0.6 is 0 Å². The maximum atomic E-state index is 11.9. The summed E-state index contributed by atoms with van der Waals surface area (Å²) in [5.41, 5.74) is 0.754. The van der Waals surface area contributed by atoms with Crippen molar-refractivity contribution in [2.24, 2.45) is 0 Å². The number of carbonyl (C=O) groups is 1. The molecule has 0 aliphatic heterocycles. The molecule has 0 unspecified atom stereocenters. The van der Waals surface area contributed by atoms with Gasteiger partial charge in [0.2, 0.25) is 0 Å². The second kappa shape index (κ2) is 6.53. The van der Waals surface area contributed by atoms with Gasteiger partial charge in [0.1, 0.15) is 5.69 Å². The van der Waals surface area contributed by atoms with E-state index in [9.17, 15) is 20.0 Å². The van der Waals surface area contributed by atoms with E-state index in [1.54, 1.807) is 0 Å². The molecule has 7 nitrogen and oxygen atoms in total. The van der Waals surface area contributed by atoms with Crippen LogP contribution in [0.5, 0.6) is 0 Å². The predicted octanol–water partition coefficient (Wildman–Crippen LogP) is 1.31. The van der Waals surface area contributed by atoms with Crippen LogP contribution in [0.1, 0.15) is 30.1 Å². The van der Waals surface area contributed by atoms with E-state index in [0.29, 0.717) is 24.3 Å². The van der Waals surface area contributed by atoms with Gasteiger partial charge in [0.25, 0.3) is 11.6 Å². The van der Waals surface area contributed by atoms with Crippen LogP contribution in [0.25, 0.3) is 0 Å². The molecular weight excluding hydrogens is 274 g/mol. The van der Waals surface area contributed by atoms with Crippen molar-refractivity contribution in [3.63, 3.8) is 0 Å². The summed E-state index contributed by atoms with van der Waals surface area (Å²) in [6.45, 7) is 2.55. The molecule has 114 valence electrons. The number of rotatable bonds is 7. The normalized spacial score (nSPS) is 13.8. The number of hydrogen-bond donors (Lipinski definition) is 2. The van der Waals surface area contributed by atoms with Crippen molar-refractivity contribution in [3.8, 4) is 0 Å². The lowest BCUT2D eigenvalue weighted by molar-refractivity contribution is -0.384. The van der Waals surface area contributed by atoms with Gasteiger partial charge in [-0.05, 0) is 31.9 Å². The number of benzene rings is 1. The Bertz CT molecular complexity index is 543. The summed E-state index contributed by atoms with van der Waals surface area (Å²) >= 11 is 0. The Kier molecular flexibility index (Phi) is 4.74. The third-order valence-electron chi connectivity index (χ3n) is 3.41. The monoisotopic (exact) mass is 293 g/mol. The van der Waals surface area contributed by atoms with Gasteiger partial charge >= 0.3 is 0 Å². The number of aliphatic hydroxyl groups excluding tert-OH is 1. The van der Waals surface area contributed by atoms with Gasteiger partial charge in [-0.1, -0.05) is 0 Å². The molecule has 0 spiro atoms. The van der Waals surface area contributed by atoms with E-state index < -0.39 is 4.92 Å².